The van der Waals surface area contributed by atoms with Crippen LogP contribution in [0.4, 0.5) is 0 Å². The lowest BCUT2D eigenvalue weighted by atomic mass is 10.2. The summed E-state index contributed by atoms with van der Waals surface area (Å²) in [5.74, 6) is 0. The second kappa shape index (κ2) is 5.74. The predicted octanol–water partition coefficient (Wildman–Crippen LogP) is 1.85. The molecule has 0 atom stereocenters. The van der Waals surface area contributed by atoms with Gasteiger partial charge in [0.15, 0.2) is 0 Å². The summed E-state index contributed by atoms with van der Waals surface area (Å²) < 4.78 is 5.30. The first-order valence-electron chi connectivity index (χ1n) is 3.07. The van der Waals surface area contributed by atoms with Crippen LogP contribution in [-0.2, 0) is 4.74 Å². The molecule has 3 heteroatoms. The number of hydrogen-bond donors (Lipinski definition) is 1. The van der Waals surface area contributed by atoms with E-state index in [4.69, 9.17) is 10.5 Å². The fraction of sp³-hybridized carbons (Fsp3) is 0.714. The van der Waals surface area contributed by atoms with E-state index in [1.807, 2.05) is 20.8 Å². The van der Waals surface area contributed by atoms with Crippen LogP contribution in [0.5, 0.6) is 0 Å². The molecule has 0 radical (unpaired) electrons. The Balaban J connectivity index is 0. The highest BCUT2D eigenvalue weighted by atomic mass is 79.9. The third kappa shape index (κ3) is 10.9. The average molecular weight is 210 g/mol. The van der Waals surface area contributed by atoms with Crippen LogP contribution in [0.25, 0.3) is 0 Å². The standard InChI is InChI=1S/C7H15NO.BrH/c1-7(2,3)9-6-4-5-8;/h4-5H,6,8H2,1-3H3;1H. The Morgan fingerprint density at radius 1 is 1.40 bits per heavy atom. The topological polar surface area (TPSA) is 35.2 Å². The molecule has 0 rings (SSSR count). The monoisotopic (exact) mass is 209 g/mol. The van der Waals surface area contributed by atoms with Gasteiger partial charge in [-0.2, -0.15) is 0 Å². The summed E-state index contributed by atoms with van der Waals surface area (Å²) in [6.07, 6.45) is 3.27. The summed E-state index contributed by atoms with van der Waals surface area (Å²) in [4.78, 5) is 0. The molecule has 0 aromatic heterocycles. The van der Waals surface area contributed by atoms with Crippen molar-refractivity contribution in [1.29, 1.82) is 0 Å². The fourth-order valence-corrected chi connectivity index (χ4v) is 0.354. The molecule has 0 spiro atoms. The minimum atomic E-state index is -0.0560. The molecule has 2 nitrogen and oxygen atoms in total. The molecule has 10 heavy (non-hydrogen) atoms. The summed E-state index contributed by atoms with van der Waals surface area (Å²) in [6, 6.07) is 0. The van der Waals surface area contributed by atoms with Crippen LogP contribution >= 0.6 is 17.0 Å². The summed E-state index contributed by atoms with van der Waals surface area (Å²) >= 11 is 0. The molecule has 0 aliphatic rings. The molecule has 0 aliphatic carbocycles. The maximum atomic E-state index is 5.30. The van der Waals surface area contributed by atoms with E-state index in [9.17, 15) is 0 Å². The van der Waals surface area contributed by atoms with Crippen molar-refractivity contribution in [3.63, 3.8) is 0 Å². The average Bonchev–Trinajstić information content (AvgIpc) is 1.63. The lowest BCUT2D eigenvalue weighted by Crippen LogP contribution is -2.18. The SMILES string of the molecule is Br.CC(C)(C)OCC=CN. The van der Waals surface area contributed by atoms with Crippen molar-refractivity contribution < 1.29 is 4.74 Å². The number of nitrogens with two attached hydrogens (primary N) is 1. The maximum absolute atomic E-state index is 5.30. The van der Waals surface area contributed by atoms with Crippen molar-refractivity contribution >= 4 is 17.0 Å². The molecular formula is C7H16BrNO. The molecule has 0 bridgehead atoms. The Hall–Kier alpha value is -0.0200. The van der Waals surface area contributed by atoms with Gasteiger partial charge in [0, 0.05) is 0 Å². The quantitative estimate of drug-likeness (QED) is 0.754. The van der Waals surface area contributed by atoms with Crippen LogP contribution in [-0.4, -0.2) is 12.2 Å². The Bertz CT molecular complexity index is 96.3. The Kier molecular flexibility index (Phi) is 7.26. The summed E-state index contributed by atoms with van der Waals surface area (Å²) in [7, 11) is 0. The summed E-state index contributed by atoms with van der Waals surface area (Å²) in [5, 5.41) is 0. The fourth-order valence-electron chi connectivity index (χ4n) is 0.354. The second-order valence-electron chi connectivity index (χ2n) is 2.85. The van der Waals surface area contributed by atoms with Gasteiger partial charge in [-0.05, 0) is 33.0 Å². The van der Waals surface area contributed by atoms with Crippen LogP contribution in [0.3, 0.4) is 0 Å². The molecule has 0 fully saturated rings. The number of hydrogen-bond acceptors (Lipinski definition) is 2. The van der Waals surface area contributed by atoms with Crippen LogP contribution in [0.1, 0.15) is 20.8 Å². The van der Waals surface area contributed by atoms with Gasteiger partial charge in [-0.3, -0.25) is 0 Å². The highest BCUT2D eigenvalue weighted by Gasteiger charge is 2.07. The first-order chi connectivity index (χ1) is 4.06. The van der Waals surface area contributed by atoms with Crippen molar-refractivity contribution in [3.05, 3.63) is 12.3 Å². The van der Waals surface area contributed by atoms with Gasteiger partial charge in [0.2, 0.25) is 0 Å². The first-order valence-corrected chi connectivity index (χ1v) is 3.07. The van der Waals surface area contributed by atoms with Gasteiger partial charge >= 0.3 is 0 Å². The Labute approximate surface area is 73.2 Å². The molecular weight excluding hydrogens is 194 g/mol. The van der Waals surface area contributed by atoms with Crippen molar-refractivity contribution in [2.75, 3.05) is 6.61 Å². The molecule has 0 heterocycles. The number of rotatable bonds is 2. The third-order valence-corrected chi connectivity index (χ3v) is 0.749. The van der Waals surface area contributed by atoms with Crippen LogP contribution in [0.2, 0.25) is 0 Å². The molecule has 0 aromatic rings. The lowest BCUT2D eigenvalue weighted by Gasteiger charge is -2.17. The van der Waals surface area contributed by atoms with E-state index >= 15 is 0 Å². The van der Waals surface area contributed by atoms with E-state index in [1.165, 1.54) is 6.20 Å². The molecule has 0 aromatic carbocycles. The normalized spacial score (nSPS) is 11.5. The molecule has 62 valence electrons. The van der Waals surface area contributed by atoms with E-state index in [-0.39, 0.29) is 22.6 Å². The maximum Gasteiger partial charge on any atom is 0.0671 e. The van der Waals surface area contributed by atoms with Gasteiger partial charge in [-0.15, -0.1) is 17.0 Å². The highest BCUT2D eigenvalue weighted by Crippen LogP contribution is 2.05. The zero-order valence-electron chi connectivity index (χ0n) is 6.76. The minimum Gasteiger partial charge on any atom is -0.405 e. The van der Waals surface area contributed by atoms with E-state index < -0.39 is 0 Å². The number of halogens is 1. The van der Waals surface area contributed by atoms with E-state index in [0.717, 1.165) is 0 Å². The van der Waals surface area contributed by atoms with E-state index in [1.54, 1.807) is 6.08 Å². The predicted molar refractivity (Wildman–Crippen MR) is 49.4 cm³/mol. The van der Waals surface area contributed by atoms with Crippen molar-refractivity contribution in [3.8, 4) is 0 Å². The zero-order chi connectivity index (χ0) is 7.33. The Morgan fingerprint density at radius 3 is 2.20 bits per heavy atom. The zero-order valence-corrected chi connectivity index (χ0v) is 8.47. The van der Waals surface area contributed by atoms with Crippen LogP contribution in [0, 0.1) is 0 Å². The van der Waals surface area contributed by atoms with Crippen LogP contribution in [0.15, 0.2) is 12.3 Å². The second-order valence-corrected chi connectivity index (χ2v) is 2.85. The molecule has 0 amide bonds. The first kappa shape index (κ1) is 12.6. The molecule has 0 unspecified atom stereocenters. The van der Waals surface area contributed by atoms with Gasteiger partial charge < -0.3 is 10.5 Å². The highest BCUT2D eigenvalue weighted by molar-refractivity contribution is 8.93. The van der Waals surface area contributed by atoms with E-state index in [2.05, 4.69) is 0 Å². The van der Waals surface area contributed by atoms with Crippen molar-refractivity contribution in [2.24, 2.45) is 5.73 Å². The minimum absolute atomic E-state index is 0. The Morgan fingerprint density at radius 2 is 1.90 bits per heavy atom. The molecule has 0 aliphatic heterocycles. The smallest absolute Gasteiger partial charge is 0.0671 e. The lowest BCUT2D eigenvalue weighted by molar-refractivity contribution is 0.0149. The van der Waals surface area contributed by atoms with Gasteiger partial charge in [0.05, 0.1) is 12.2 Å². The molecule has 2 N–H and O–H groups in total. The van der Waals surface area contributed by atoms with Gasteiger partial charge in [0.25, 0.3) is 0 Å². The van der Waals surface area contributed by atoms with Gasteiger partial charge in [0.1, 0.15) is 0 Å². The van der Waals surface area contributed by atoms with Crippen LogP contribution < -0.4 is 5.73 Å². The molecule has 0 saturated carbocycles. The number of ether oxygens (including phenoxy) is 1. The third-order valence-electron chi connectivity index (χ3n) is 0.749. The van der Waals surface area contributed by atoms with Crippen molar-refractivity contribution in [2.45, 2.75) is 26.4 Å². The summed E-state index contributed by atoms with van der Waals surface area (Å²) in [5.41, 5.74) is 5.04. The van der Waals surface area contributed by atoms with E-state index in [0.29, 0.717) is 6.61 Å². The van der Waals surface area contributed by atoms with Gasteiger partial charge in [-0.25, -0.2) is 0 Å². The van der Waals surface area contributed by atoms with Crippen molar-refractivity contribution in [1.82, 2.24) is 0 Å². The largest absolute Gasteiger partial charge is 0.405 e. The summed E-state index contributed by atoms with van der Waals surface area (Å²) in [6.45, 7) is 6.63. The van der Waals surface area contributed by atoms with Gasteiger partial charge in [-0.1, -0.05) is 0 Å². The molecule has 0 saturated heterocycles.